The van der Waals surface area contributed by atoms with Crippen LogP contribution in [0.5, 0.6) is 0 Å². The number of rotatable bonds is 4. The molecule has 1 aliphatic heterocycles. The minimum atomic E-state index is -3.76. The molecule has 1 amide bonds. The zero-order valence-corrected chi connectivity index (χ0v) is 13.4. The summed E-state index contributed by atoms with van der Waals surface area (Å²) in [5, 5.41) is 1.53. The van der Waals surface area contributed by atoms with Gasteiger partial charge in [-0.2, -0.15) is 0 Å². The molecule has 112 valence electrons. The first kappa shape index (κ1) is 15.8. The molecule has 0 bridgehead atoms. The van der Waals surface area contributed by atoms with Crippen LogP contribution in [0.3, 0.4) is 0 Å². The minimum Gasteiger partial charge on any atom is -0.378 e. The van der Waals surface area contributed by atoms with Crippen LogP contribution >= 0.6 is 22.0 Å². The number of amides is 1. The van der Waals surface area contributed by atoms with Crippen LogP contribution in [0.2, 0.25) is 0 Å². The number of nitrogens with zero attached hydrogens (tertiary/aromatic N) is 1. The summed E-state index contributed by atoms with van der Waals surface area (Å²) in [6.07, 6.45) is 1.83. The molecule has 0 N–H and O–H groups in total. The number of hydrogen-bond acceptors (Lipinski definition) is 5. The highest BCUT2D eigenvalue weighted by molar-refractivity contribution is 8.15. The van der Waals surface area contributed by atoms with Crippen molar-refractivity contribution in [3.63, 3.8) is 0 Å². The molecule has 2 rings (SSSR count). The zero-order valence-electron chi connectivity index (χ0n) is 11.0. The van der Waals surface area contributed by atoms with E-state index in [1.165, 1.54) is 11.4 Å². The van der Waals surface area contributed by atoms with E-state index in [4.69, 9.17) is 15.4 Å². The SMILES string of the molecule is CCOC1CCN(C(=O)c2csc(S(=O)(=O)Cl)c2)CC1. The molecule has 0 radical (unpaired) electrons. The zero-order chi connectivity index (χ0) is 14.8. The van der Waals surface area contributed by atoms with Gasteiger partial charge in [0.05, 0.1) is 11.7 Å². The first-order valence-electron chi connectivity index (χ1n) is 6.36. The van der Waals surface area contributed by atoms with Crippen LogP contribution in [0.25, 0.3) is 0 Å². The van der Waals surface area contributed by atoms with Crippen LogP contribution in [0.1, 0.15) is 30.1 Å². The molecule has 2 heterocycles. The second kappa shape index (κ2) is 6.43. The molecule has 0 atom stereocenters. The number of halogens is 1. The number of ether oxygens (including phenoxy) is 1. The van der Waals surface area contributed by atoms with Gasteiger partial charge in [-0.3, -0.25) is 4.79 Å². The average molecular weight is 338 g/mol. The molecule has 0 aliphatic carbocycles. The second-order valence-electron chi connectivity index (χ2n) is 4.54. The number of thiophene rings is 1. The molecule has 8 heteroatoms. The summed E-state index contributed by atoms with van der Waals surface area (Å²) in [4.78, 5) is 14.0. The first-order valence-corrected chi connectivity index (χ1v) is 9.54. The highest BCUT2D eigenvalue weighted by Crippen LogP contribution is 2.25. The van der Waals surface area contributed by atoms with Crippen LogP contribution in [-0.4, -0.2) is 45.0 Å². The fraction of sp³-hybridized carbons (Fsp3) is 0.583. The highest BCUT2D eigenvalue weighted by Gasteiger charge is 2.25. The van der Waals surface area contributed by atoms with Gasteiger partial charge in [-0.1, -0.05) is 0 Å². The third-order valence-corrected chi connectivity index (χ3v) is 6.23. The molecule has 0 spiro atoms. The van der Waals surface area contributed by atoms with Gasteiger partial charge in [0.1, 0.15) is 4.21 Å². The van der Waals surface area contributed by atoms with E-state index in [0.29, 0.717) is 25.3 Å². The van der Waals surface area contributed by atoms with E-state index in [1.807, 2.05) is 6.92 Å². The maximum Gasteiger partial charge on any atom is 0.270 e. The Morgan fingerprint density at radius 2 is 2.15 bits per heavy atom. The number of likely N-dealkylation sites (tertiary alicyclic amines) is 1. The van der Waals surface area contributed by atoms with Crippen LogP contribution in [0, 0.1) is 0 Å². The van der Waals surface area contributed by atoms with Crippen molar-refractivity contribution in [2.45, 2.75) is 30.1 Å². The lowest BCUT2D eigenvalue weighted by Gasteiger charge is -2.31. The summed E-state index contributed by atoms with van der Waals surface area (Å²) < 4.78 is 27.9. The van der Waals surface area contributed by atoms with Crippen molar-refractivity contribution in [1.29, 1.82) is 0 Å². The lowest BCUT2D eigenvalue weighted by Crippen LogP contribution is -2.40. The van der Waals surface area contributed by atoms with Crippen LogP contribution in [0.4, 0.5) is 0 Å². The van der Waals surface area contributed by atoms with Crippen molar-refractivity contribution >= 4 is 37.0 Å². The molecular formula is C12H16ClNO4S2. The molecule has 1 aliphatic rings. The van der Waals surface area contributed by atoms with Gasteiger partial charge in [-0.25, -0.2) is 8.42 Å². The van der Waals surface area contributed by atoms with Crippen molar-refractivity contribution in [2.24, 2.45) is 0 Å². The van der Waals surface area contributed by atoms with Crippen molar-refractivity contribution in [3.05, 3.63) is 17.0 Å². The Hall–Kier alpha value is -0.630. The second-order valence-corrected chi connectivity index (χ2v) is 8.24. The molecule has 0 unspecified atom stereocenters. The monoisotopic (exact) mass is 337 g/mol. The largest absolute Gasteiger partial charge is 0.378 e. The third-order valence-electron chi connectivity index (χ3n) is 3.19. The summed E-state index contributed by atoms with van der Waals surface area (Å²) in [5.41, 5.74) is 0.379. The third kappa shape index (κ3) is 3.72. The summed E-state index contributed by atoms with van der Waals surface area (Å²) in [7, 11) is 1.50. The molecule has 1 aromatic rings. The molecule has 5 nitrogen and oxygen atoms in total. The molecule has 0 saturated carbocycles. The van der Waals surface area contributed by atoms with Crippen LogP contribution in [-0.2, 0) is 13.8 Å². The smallest absolute Gasteiger partial charge is 0.270 e. The highest BCUT2D eigenvalue weighted by atomic mass is 35.7. The van der Waals surface area contributed by atoms with Crippen molar-refractivity contribution < 1.29 is 17.9 Å². The summed E-state index contributed by atoms with van der Waals surface area (Å²) in [6, 6.07) is 1.34. The average Bonchev–Trinajstić information content (AvgIpc) is 2.89. The lowest BCUT2D eigenvalue weighted by molar-refractivity contribution is 0.0146. The van der Waals surface area contributed by atoms with Gasteiger partial charge < -0.3 is 9.64 Å². The van der Waals surface area contributed by atoms with E-state index < -0.39 is 9.05 Å². The summed E-state index contributed by atoms with van der Waals surface area (Å²) in [6.45, 7) is 3.89. The first-order chi connectivity index (χ1) is 9.41. The van der Waals surface area contributed by atoms with E-state index in [2.05, 4.69) is 0 Å². The number of carbonyl (C=O) groups excluding carboxylic acids is 1. The van der Waals surface area contributed by atoms with Crippen molar-refractivity contribution in [2.75, 3.05) is 19.7 Å². The Bertz CT molecular complexity index is 576. The van der Waals surface area contributed by atoms with Gasteiger partial charge in [0, 0.05) is 35.8 Å². The molecular weight excluding hydrogens is 322 g/mol. The Labute approximate surface area is 126 Å². The Balaban J connectivity index is 2.00. The maximum absolute atomic E-state index is 12.3. The molecule has 0 aromatic carbocycles. The molecule has 20 heavy (non-hydrogen) atoms. The van der Waals surface area contributed by atoms with Crippen molar-refractivity contribution in [1.82, 2.24) is 4.90 Å². The van der Waals surface area contributed by atoms with Gasteiger partial charge in [0.25, 0.3) is 15.0 Å². The van der Waals surface area contributed by atoms with Crippen LogP contribution < -0.4 is 0 Å². The lowest BCUT2D eigenvalue weighted by atomic mass is 10.1. The fourth-order valence-electron chi connectivity index (χ4n) is 2.20. The quantitative estimate of drug-likeness (QED) is 0.791. The molecule has 1 saturated heterocycles. The van der Waals surface area contributed by atoms with Gasteiger partial charge in [-0.05, 0) is 25.8 Å². The van der Waals surface area contributed by atoms with E-state index >= 15 is 0 Å². The van der Waals surface area contributed by atoms with Crippen LogP contribution in [0.15, 0.2) is 15.7 Å². The predicted molar refractivity (Wildman–Crippen MR) is 77.9 cm³/mol. The molecule has 1 aromatic heterocycles. The van der Waals surface area contributed by atoms with Gasteiger partial charge in [0.15, 0.2) is 0 Å². The van der Waals surface area contributed by atoms with E-state index in [1.54, 1.807) is 4.90 Å². The predicted octanol–water partition coefficient (Wildman–Crippen LogP) is 2.32. The summed E-state index contributed by atoms with van der Waals surface area (Å²) in [5.74, 6) is -0.150. The maximum atomic E-state index is 12.3. The van der Waals surface area contributed by atoms with Gasteiger partial charge in [0.2, 0.25) is 0 Å². The minimum absolute atomic E-state index is 0.00622. The number of piperidine rings is 1. The normalized spacial score (nSPS) is 17.4. The number of hydrogen-bond donors (Lipinski definition) is 0. The Morgan fingerprint density at radius 3 is 2.65 bits per heavy atom. The Morgan fingerprint density at radius 1 is 1.50 bits per heavy atom. The fourth-order valence-corrected chi connectivity index (χ4v) is 4.14. The standard InChI is InChI=1S/C12H16ClNO4S2/c1-2-18-10-3-5-14(6-4-10)12(15)9-7-11(19-8-9)20(13,16)17/h7-8,10H,2-6H2,1H3. The van der Waals surface area contributed by atoms with E-state index in [9.17, 15) is 13.2 Å². The topological polar surface area (TPSA) is 63.7 Å². The van der Waals surface area contributed by atoms with Crippen molar-refractivity contribution in [3.8, 4) is 0 Å². The van der Waals surface area contributed by atoms with E-state index in [-0.39, 0.29) is 16.2 Å². The molecule has 1 fully saturated rings. The van der Waals surface area contributed by atoms with Gasteiger partial charge >= 0.3 is 0 Å². The Kier molecular flexibility index (Phi) is 5.06. The number of carbonyl (C=O) groups is 1. The summed E-state index contributed by atoms with van der Waals surface area (Å²) >= 11 is 0.965. The van der Waals surface area contributed by atoms with Gasteiger partial charge in [-0.15, -0.1) is 11.3 Å². The van der Waals surface area contributed by atoms with E-state index in [0.717, 1.165) is 24.2 Å².